The third-order valence-electron chi connectivity index (χ3n) is 6.76. The van der Waals surface area contributed by atoms with Crippen LogP contribution < -0.4 is 47.2 Å². The third-order valence-corrected chi connectivity index (χ3v) is 10.6. The van der Waals surface area contributed by atoms with E-state index in [9.17, 15) is 34.4 Å². The summed E-state index contributed by atoms with van der Waals surface area (Å²) in [6.45, 7) is 5.51. The summed E-state index contributed by atoms with van der Waals surface area (Å²) in [7, 11) is -14.0. The van der Waals surface area contributed by atoms with E-state index < -0.39 is 55.1 Å². The van der Waals surface area contributed by atoms with Crippen molar-refractivity contribution >= 4 is 30.1 Å². The molecule has 0 atom stereocenters. The predicted octanol–water partition coefficient (Wildman–Crippen LogP) is -1.23. The van der Waals surface area contributed by atoms with Gasteiger partial charge in [-0.2, -0.15) is 0 Å². The summed E-state index contributed by atoms with van der Waals surface area (Å²) in [6.07, 6.45) is 0. The molecule has 0 unspecified atom stereocenters. The zero-order chi connectivity index (χ0) is 31.1. The molecule has 222 valence electrons. The van der Waals surface area contributed by atoms with Crippen LogP contribution in [0.3, 0.4) is 0 Å². The van der Waals surface area contributed by atoms with Gasteiger partial charge in [-0.1, -0.05) is 44.2 Å². The summed E-state index contributed by atoms with van der Waals surface area (Å²) in [6, 6.07) is 20.2. The molecule has 0 aliphatic heterocycles. The molecule has 0 saturated heterocycles. The maximum atomic E-state index is 13.4. The molecule has 0 N–H and O–H groups in total. The molecule has 0 spiro atoms. The van der Waals surface area contributed by atoms with Gasteiger partial charge in [0.2, 0.25) is 9.84 Å². The van der Waals surface area contributed by atoms with Crippen molar-refractivity contribution in [3.63, 3.8) is 0 Å². The maximum absolute atomic E-state index is 13.4. The minimum absolute atomic E-state index is 0. The largest absolute Gasteiger partial charge is 1.00 e. The molecule has 0 bridgehead atoms. The van der Waals surface area contributed by atoms with Crippen LogP contribution in [0.15, 0.2) is 105 Å². The average Bonchev–Trinajstić information content (AvgIpc) is 2.92. The van der Waals surface area contributed by atoms with Gasteiger partial charge in [-0.25, -0.2) is 25.3 Å². The van der Waals surface area contributed by atoms with E-state index in [0.29, 0.717) is 0 Å². The van der Waals surface area contributed by atoms with Crippen molar-refractivity contribution in [1.29, 1.82) is 0 Å². The van der Waals surface area contributed by atoms with Crippen molar-refractivity contribution in [3.8, 4) is 17.2 Å². The number of aryl methyl sites for hydroxylation is 1. The second-order valence-electron chi connectivity index (χ2n) is 9.95. The van der Waals surface area contributed by atoms with Crippen LogP contribution in [0.4, 0.5) is 0 Å². The van der Waals surface area contributed by atoms with E-state index >= 15 is 0 Å². The molecule has 0 radical (unpaired) electrons. The van der Waals surface area contributed by atoms with E-state index in [1.165, 1.54) is 13.0 Å². The number of benzene rings is 4. The number of hydrogen-bond acceptors (Lipinski definition) is 10. The Morgan fingerprint density at radius 3 is 1.43 bits per heavy atom. The molecule has 0 fully saturated rings. The maximum Gasteiger partial charge on any atom is 1.00 e. The van der Waals surface area contributed by atoms with Crippen molar-refractivity contribution in [3.05, 3.63) is 102 Å². The monoisotopic (exact) mass is 644 g/mol. The van der Waals surface area contributed by atoms with Crippen LogP contribution >= 0.6 is 0 Å². The molecule has 0 aliphatic rings. The molecule has 0 saturated carbocycles. The van der Waals surface area contributed by atoms with Crippen LogP contribution in [0.5, 0.6) is 17.2 Å². The summed E-state index contributed by atoms with van der Waals surface area (Å²) >= 11 is 0. The summed E-state index contributed by atoms with van der Waals surface area (Å²) in [5, 5.41) is 0. The minimum Gasteiger partial charge on any atom is -0.744 e. The van der Waals surface area contributed by atoms with Crippen molar-refractivity contribution in [2.45, 2.75) is 45.8 Å². The molecule has 0 aromatic heterocycles. The SMILES string of the molecule is COc1ccc(C(C)(C)c2ccc(Oc3ccc(S(=O)(=O)c4ccc(C)cc4S(=O)(=O)[O-])c(S(=O)(=O)[O-])c3)cc2)cc1.[Li+].[Li+]. The molecule has 4 aromatic carbocycles. The molecular weight excluding hydrogens is 618 g/mol. The van der Waals surface area contributed by atoms with E-state index in [4.69, 9.17) is 9.47 Å². The molecule has 4 rings (SSSR count). The van der Waals surface area contributed by atoms with Crippen LogP contribution in [-0.4, -0.2) is 41.5 Å². The topological polar surface area (TPSA) is 167 Å². The Balaban J connectivity index is 0.00000337. The summed E-state index contributed by atoms with van der Waals surface area (Å²) in [4.78, 5) is -4.16. The van der Waals surface area contributed by atoms with Crippen LogP contribution in [-0.2, 0) is 35.5 Å². The molecular formula is C29H26Li2O10S3. The summed E-state index contributed by atoms with van der Waals surface area (Å²) in [5.41, 5.74) is 1.85. The van der Waals surface area contributed by atoms with E-state index in [1.807, 2.05) is 50.2 Å². The second kappa shape index (κ2) is 13.8. The van der Waals surface area contributed by atoms with E-state index in [1.54, 1.807) is 19.2 Å². The average molecular weight is 645 g/mol. The van der Waals surface area contributed by atoms with Gasteiger partial charge in [-0.15, -0.1) is 0 Å². The van der Waals surface area contributed by atoms with Crippen molar-refractivity contribution < 1.29 is 81.6 Å². The summed E-state index contributed by atoms with van der Waals surface area (Å²) in [5.74, 6) is 0.838. The van der Waals surface area contributed by atoms with Gasteiger partial charge >= 0.3 is 37.7 Å². The van der Waals surface area contributed by atoms with Gasteiger partial charge in [0.15, 0.2) is 0 Å². The number of sulfone groups is 1. The summed E-state index contributed by atoms with van der Waals surface area (Å²) < 4.78 is 109. The fourth-order valence-corrected chi connectivity index (χ4v) is 8.24. The molecule has 0 heterocycles. The molecule has 44 heavy (non-hydrogen) atoms. The molecule has 10 nitrogen and oxygen atoms in total. The normalized spacial score (nSPS) is 12.0. The second-order valence-corrected chi connectivity index (χ2v) is 14.5. The Bertz CT molecular complexity index is 1970. The Labute approximate surface area is 281 Å². The Kier molecular flexibility index (Phi) is 11.8. The van der Waals surface area contributed by atoms with Gasteiger partial charge in [0.25, 0.3) is 0 Å². The van der Waals surface area contributed by atoms with Gasteiger partial charge in [-0.05, 0) is 78.2 Å². The Morgan fingerprint density at radius 1 is 0.568 bits per heavy atom. The molecule has 4 aromatic rings. The number of hydrogen-bond donors (Lipinski definition) is 0. The number of ether oxygens (including phenoxy) is 2. The first kappa shape index (κ1) is 37.6. The molecule has 15 heteroatoms. The zero-order valence-corrected chi connectivity index (χ0v) is 27.3. The van der Waals surface area contributed by atoms with Crippen molar-refractivity contribution in [2.24, 2.45) is 0 Å². The van der Waals surface area contributed by atoms with Crippen LogP contribution in [0.2, 0.25) is 0 Å². The Hall–Kier alpha value is -2.56. The van der Waals surface area contributed by atoms with E-state index in [-0.39, 0.29) is 54.8 Å². The number of methoxy groups -OCH3 is 1. The van der Waals surface area contributed by atoms with Crippen molar-refractivity contribution in [2.75, 3.05) is 7.11 Å². The predicted molar refractivity (Wildman–Crippen MR) is 151 cm³/mol. The van der Waals surface area contributed by atoms with Crippen LogP contribution in [0, 0.1) is 6.92 Å². The van der Waals surface area contributed by atoms with Crippen molar-refractivity contribution in [1.82, 2.24) is 0 Å². The zero-order valence-electron chi connectivity index (χ0n) is 24.9. The van der Waals surface area contributed by atoms with Gasteiger partial charge in [0, 0.05) is 5.41 Å². The Morgan fingerprint density at radius 2 is 0.977 bits per heavy atom. The van der Waals surface area contributed by atoms with Gasteiger partial charge in [-0.3, -0.25) is 0 Å². The molecule has 0 aliphatic carbocycles. The third kappa shape index (κ3) is 7.99. The van der Waals surface area contributed by atoms with Crippen LogP contribution in [0.1, 0.15) is 30.5 Å². The standard InChI is InChI=1S/C29H28O10S3.2Li/c1-19-5-15-25(27(17-19)41(32,33)34)40(30,31)26-16-14-24(18-28(26)42(35,36)37)39-23-12-8-21(9-13-23)29(2,3)20-6-10-22(38-4)11-7-20;;/h5-18H,1-4H3,(H,32,33,34)(H,35,36,37);;/q;2*+1/p-2. The number of rotatable bonds is 9. The fraction of sp³-hybridized carbons (Fsp3) is 0.172. The van der Waals surface area contributed by atoms with E-state index in [2.05, 4.69) is 0 Å². The van der Waals surface area contributed by atoms with Gasteiger partial charge in [0.1, 0.15) is 37.5 Å². The van der Waals surface area contributed by atoms with Crippen LogP contribution in [0.25, 0.3) is 0 Å². The van der Waals surface area contributed by atoms with Gasteiger partial charge in [0.05, 0.1) is 26.7 Å². The van der Waals surface area contributed by atoms with Gasteiger partial charge < -0.3 is 18.6 Å². The first-order valence-electron chi connectivity index (χ1n) is 12.3. The fourth-order valence-electron chi connectivity index (χ4n) is 4.37. The minimum atomic E-state index is -5.40. The smallest absolute Gasteiger partial charge is 0.744 e. The first-order valence-corrected chi connectivity index (χ1v) is 16.6. The van der Waals surface area contributed by atoms with E-state index in [0.717, 1.165) is 47.2 Å². The first-order chi connectivity index (χ1) is 19.4. The quantitative estimate of drug-likeness (QED) is 0.159. The molecule has 0 amide bonds.